The Hall–Kier alpha value is -1.11. The SMILES string of the molecule is CCP(=O)(CC)c1cncc(C(=O)[O-])c1.CCP(=O)(CC)c1cncc(C(=O)[O-])c1.[Li+].[Li+]. The topological polar surface area (TPSA) is 140 Å². The third-order valence-corrected chi connectivity index (χ3v) is 11.4. The standard InChI is InChI=1S/2C10H14NO3P.2Li/c2*1-3-15(14,4-2)9-5-8(10(12)13)6-11-7-9;;/h2*5-7H,3-4H2,1-2H3,(H,12,13);;/q;;2*+1/p-2. The molecule has 0 amide bonds. The molecule has 0 bridgehead atoms. The van der Waals surface area contributed by atoms with E-state index in [1.807, 2.05) is 27.7 Å². The first kappa shape index (κ1) is 33.1. The van der Waals surface area contributed by atoms with Gasteiger partial charge < -0.3 is 28.9 Å². The van der Waals surface area contributed by atoms with Crippen molar-refractivity contribution in [3.8, 4) is 0 Å². The molecule has 0 spiro atoms. The predicted octanol–water partition coefficient (Wildman–Crippen LogP) is -5.05. The number of pyridine rings is 2. The number of hydrogen-bond donors (Lipinski definition) is 0. The average Bonchev–Trinajstić information content (AvgIpc) is 2.78. The van der Waals surface area contributed by atoms with Gasteiger partial charge in [-0.15, -0.1) is 0 Å². The van der Waals surface area contributed by atoms with Crippen LogP contribution in [-0.2, 0) is 9.13 Å². The maximum Gasteiger partial charge on any atom is 1.00 e. The molecule has 8 nitrogen and oxygen atoms in total. The van der Waals surface area contributed by atoms with Crippen LogP contribution >= 0.6 is 14.3 Å². The number of rotatable bonds is 8. The number of carbonyl (C=O) groups is 2. The van der Waals surface area contributed by atoms with E-state index in [4.69, 9.17) is 0 Å². The number of carboxylic acids is 2. The Kier molecular flexibility index (Phi) is 15.4. The van der Waals surface area contributed by atoms with Gasteiger partial charge in [0.05, 0.1) is 11.9 Å². The smallest absolute Gasteiger partial charge is 0.545 e. The Morgan fingerprint density at radius 1 is 0.688 bits per heavy atom. The van der Waals surface area contributed by atoms with E-state index in [0.717, 1.165) is 0 Å². The van der Waals surface area contributed by atoms with Crippen LogP contribution in [0.1, 0.15) is 48.4 Å². The second-order valence-corrected chi connectivity index (χ2v) is 13.6. The molecule has 0 atom stereocenters. The third kappa shape index (κ3) is 8.68. The molecule has 2 heterocycles. The summed E-state index contributed by atoms with van der Waals surface area (Å²) in [6, 6.07) is 2.80. The molecular weight excluding hydrogens is 440 g/mol. The summed E-state index contributed by atoms with van der Waals surface area (Å²) in [7, 11) is -4.91. The van der Waals surface area contributed by atoms with Gasteiger partial charge in [-0.2, -0.15) is 0 Å². The molecule has 2 aromatic heterocycles. The second kappa shape index (κ2) is 14.9. The average molecular weight is 466 g/mol. The van der Waals surface area contributed by atoms with E-state index in [9.17, 15) is 28.9 Å². The Morgan fingerprint density at radius 2 is 0.969 bits per heavy atom. The van der Waals surface area contributed by atoms with Gasteiger partial charge in [0.1, 0.15) is 14.3 Å². The molecule has 0 aromatic carbocycles. The summed E-state index contributed by atoms with van der Waals surface area (Å²) in [5.41, 5.74) is -0.0377. The molecular formula is C20H26Li2N2O6P2. The summed E-state index contributed by atoms with van der Waals surface area (Å²) < 4.78 is 24.5. The van der Waals surface area contributed by atoms with Crippen LogP contribution in [0.15, 0.2) is 36.9 Å². The maximum atomic E-state index is 12.3. The molecule has 0 radical (unpaired) electrons. The Bertz CT molecular complexity index is 908. The Balaban J connectivity index is 0. The number of nitrogens with zero attached hydrogens (tertiary/aromatic N) is 2. The molecule has 2 aromatic rings. The Morgan fingerprint density at radius 3 is 1.19 bits per heavy atom. The summed E-state index contributed by atoms with van der Waals surface area (Å²) in [5.74, 6) is -2.58. The van der Waals surface area contributed by atoms with Crippen molar-refractivity contribution >= 4 is 36.8 Å². The van der Waals surface area contributed by atoms with Gasteiger partial charge in [0.15, 0.2) is 0 Å². The van der Waals surface area contributed by atoms with Gasteiger partial charge in [0.2, 0.25) is 0 Å². The van der Waals surface area contributed by atoms with Gasteiger partial charge in [-0.1, -0.05) is 27.7 Å². The minimum atomic E-state index is -2.45. The fourth-order valence-electron chi connectivity index (χ4n) is 2.70. The van der Waals surface area contributed by atoms with Crippen LogP contribution in [0.2, 0.25) is 0 Å². The summed E-state index contributed by atoms with van der Waals surface area (Å²) in [5, 5.41) is 22.3. The van der Waals surface area contributed by atoms with E-state index in [2.05, 4.69) is 9.97 Å². The van der Waals surface area contributed by atoms with Crippen molar-refractivity contribution in [1.29, 1.82) is 0 Å². The van der Waals surface area contributed by atoms with Crippen LogP contribution in [0.3, 0.4) is 0 Å². The fourth-order valence-corrected chi connectivity index (χ4v) is 6.36. The van der Waals surface area contributed by atoms with Crippen LogP contribution in [0, 0.1) is 0 Å². The normalized spacial score (nSPS) is 10.6. The van der Waals surface area contributed by atoms with Crippen LogP contribution in [0.25, 0.3) is 0 Å². The molecule has 2 rings (SSSR count). The second-order valence-electron chi connectivity index (χ2n) is 6.48. The first-order valence-corrected chi connectivity index (χ1v) is 13.7. The fraction of sp³-hybridized carbons (Fsp3) is 0.400. The molecule has 0 aliphatic heterocycles. The van der Waals surface area contributed by atoms with Crippen LogP contribution in [0.4, 0.5) is 0 Å². The first-order valence-electron chi connectivity index (χ1n) is 9.56. The van der Waals surface area contributed by atoms with Crippen molar-refractivity contribution in [2.24, 2.45) is 0 Å². The summed E-state index contributed by atoms with van der Waals surface area (Å²) in [4.78, 5) is 28.8. The largest absolute Gasteiger partial charge is 1.00 e. The van der Waals surface area contributed by atoms with Gasteiger partial charge in [-0.05, 0) is 12.1 Å². The molecule has 12 heteroatoms. The summed E-state index contributed by atoms with van der Waals surface area (Å²) in [6.07, 6.45) is 7.41. The van der Waals surface area contributed by atoms with E-state index in [0.29, 0.717) is 35.3 Å². The number of carbonyl (C=O) groups excluding carboxylic acids is 2. The molecule has 0 unspecified atom stereocenters. The van der Waals surface area contributed by atoms with E-state index in [1.165, 1.54) is 36.9 Å². The van der Waals surface area contributed by atoms with E-state index >= 15 is 0 Å². The molecule has 0 fully saturated rings. The zero-order chi connectivity index (χ0) is 22.9. The van der Waals surface area contributed by atoms with Crippen molar-refractivity contribution in [3.63, 3.8) is 0 Å². The van der Waals surface area contributed by atoms with E-state index in [-0.39, 0.29) is 48.8 Å². The quantitative estimate of drug-likeness (QED) is 0.278. The van der Waals surface area contributed by atoms with E-state index < -0.39 is 26.2 Å². The zero-order valence-electron chi connectivity index (χ0n) is 19.5. The molecule has 32 heavy (non-hydrogen) atoms. The number of carboxylic acid groups (broad SMARTS) is 2. The van der Waals surface area contributed by atoms with Gasteiger partial charge >= 0.3 is 37.7 Å². The molecule has 164 valence electrons. The van der Waals surface area contributed by atoms with Crippen molar-refractivity contribution < 1.29 is 66.7 Å². The van der Waals surface area contributed by atoms with Crippen molar-refractivity contribution in [2.45, 2.75) is 27.7 Å². The maximum absolute atomic E-state index is 12.3. The molecule has 0 saturated heterocycles. The van der Waals surface area contributed by atoms with Crippen LogP contribution < -0.4 is 58.5 Å². The number of aromatic carboxylic acids is 2. The monoisotopic (exact) mass is 466 g/mol. The predicted molar refractivity (Wildman–Crippen MR) is 114 cm³/mol. The first-order chi connectivity index (χ1) is 14.1. The molecule has 0 aliphatic rings. The number of hydrogen-bond acceptors (Lipinski definition) is 8. The molecule has 0 aliphatic carbocycles. The zero-order valence-corrected chi connectivity index (χ0v) is 21.3. The molecule has 0 N–H and O–H groups in total. The van der Waals surface area contributed by atoms with Crippen molar-refractivity contribution in [3.05, 3.63) is 48.0 Å². The van der Waals surface area contributed by atoms with Crippen molar-refractivity contribution in [1.82, 2.24) is 9.97 Å². The summed E-state index contributed by atoms with van der Waals surface area (Å²) in [6.45, 7) is 7.32. The molecule has 0 saturated carbocycles. The summed E-state index contributed by atoms with van der Waals surface area (Å²) >= 11 is 0. The van der Waals surface area contributed by atoms with Crippen LogP contribution in [-0.4, -0.2) is 46.6 Å². The van der Waals surface area contributed by atoms with E-state index in [1.54, 1.807) is 0 Å². The van der Waals surface area contributed by atoms with Crippen molar-refractivity contribution in [2.75, 3.05) is 24.6 Å². The third-order valence-electron chi connectivity index (χ3n) is 4.90. The van der Waals surface area contributed by atoms with Gasteiger partial charge in [0.25, 0.3) is 0 Å². The number of aromatic nitrogens is 2. The van der Waals surface area contributed by atoms with Gasteiger partial charge in [-0.25, -0.2) is 0 Å². The minimum Gasteiger partial charge on any atom is -0.545 e. The Labute approximate surface area is 213 Å². The van der Waals surface area contributed by atoms with Gasteiger partial charge in [0, 0.05) is 71.2 Å². The minimum absolute atomic E-state index is 0. The van der Waals surface area contributed by atoms with Gasteiger partial charge in [-0.3, -0.25) is 9.97 Å². The van der Waals surface area contributed by atoms with Crippen LogP contribution in [0.5, 0.6) is 0 Å².